The van der Waals surface area contributed by atoms with Gasteiger partial charge in [0.25, 0.3) is 0 Å². The molecule has 0 aliphatic rings. The molecule has 26 heavy (non-hydrogen) atoms. The van der Waals surface area contributed by atoms with Crippen molar-refractivity contribution < 1.29 is 9.59 Å². The summed E-state index contributed by atoms with van der Waals surface area (Å²) >= 11 is 0. The second kappa shape index (κ2) is 8.62. The van der Waals surface area contributed by atoms with Crippen LogP contribution in [0.2, 0.25) is 0 Å². The van der Waals surface area contributed by atoms with E-state index in [0.29, 0.717) is 11.3 Å². The molecular formula is C22H20N2O2. The van der Waals surface area contributed by atoms with E-state index < -0.39 is 0 Å². The average molecular weight is 344 g/mol. The van der Waals surface area contributed by atoms with Gasteiger partial charge in [0.2, 0.25) is 5.91 Å². The highest BCUT2D eigenvalue weighted by molar-refractivity contribution is 6.01. The van der Waals surface area contributed by atoms with Crippen molar-refractivity contribution >= 4 is 28.8 Å². The smallest absolute Gasteiger partial charge is 0.224 e. The van der Waals surface area contributed by atoms with E-state index in [1.54, 1.807) is 12.1 Å². The van der Waals surface area contributed by atoms with Crippen LogP contribution >= 0.6 is 0 Å². The van der Waals surface area contributed by atoms with E-state index >= 15 is 0 Å². The molecule has 0 bridgehead atoms. The molecule has 0 unspecified atom stereocenters. The maximum absolute atomic E-state index is 12.3. The molecule has 4 nitrogen and oxygen atoms in total. The monoisotopic (exact) mass is 344 g/mol. The Kier molecular flexibility index (Phi) is 5.78. The highest BCUT2D eigenvalue weighted by Gasteiger charge is 2.11. The Morgan fingerprint density at radius 2 is 1.23 bits per heavy atom. The zero-order valence-electron chi connectivity index (χ0n) is 14.3. The third-order valence-corrected chi connectivity index (χ3v) is 3.93. The molecule has 1 amide bonds. The van der Waals surface area contributed by atoms with Gasteiger partial charge in [0, 0.05) is 24.1 Å². The molecule has 0 spiro atoms. The molecular weight excluding hydrogens is 324 g/mol. The molecule has 3 aromatic carbocycles. The quantitative estimate of drug-likeness (QED) is 0.591. The number of benzene rings is 3. The van der Waals surface area contributed by atoms with Crippen molar-refractivity contribution in [3.8, 4) is 0 Å². The molecule has 3 aromatic rings. The lowest BCUT2D eigenvalue weighted by Gasteiger charge is -2.13. The summed E-state index contributed by atoms with van der Waals surface area (Å²) in [4.78, 5) is 24.4. The number of Topliss-reactive ketones (excluding diaryl/α,β-unsaturated/α-hetero) is 1. The maximum atomic E-state index is 12.3. The Morgan fingerprint density at radius 1 is 0.654 bits per heavy atom. The van der Waals surface area contributed by atoms with Crippen molar-refractivity contribution in [3.63, 3.8) is 0 Å². The van der Waals surface area contributed by atoms with Gasteiger partial charge in [0.05, 0.1) is 11.4 Å². The van der Waals surface area contributed by atoms with Crippen LogP contribution < -0.4 is 10.6 Å². The second-order valence-electron chi connectivity index (χ2n) is 5.87. The number of nitrogens with one attached hydrogen (secondary N) is 2. The first kappa shape index (κ1) is 17.4. The molecule has 0 aliphatic carbocycles. The minimum Gasteiger partial charge on any atom is -0.354 e. The number of para-hydroxylation sites is 3. The van der Waals surface area contributed by atoms with Gasteiger partial charge in [-0.05, 0) is 24.3 Å². The number of hydrogen-bond donors (Lipinski definition) is 2. The Labute approximate surface area is 152 Å². The summed E-state index contributed by atoms with van der Waals surface area (Å²) in [6.07, 6.45) is 0.331. The topological polar surface area (TPSA) is 58.2 Å². The minimum absolute atomic E-state index is 0.0311. The molecule has 0 heterocycles. The van der Waals surface area contributed by atoms with Crippen molar-refractivity contribution in [3.05, 3.63) is 90.5 Å². The summed E-state index contributed by atoms with van der Waals surface area (Å²) in [7, 11) is 0. The van der Waals surface area contributed by atoms with Gasteiger partial charge in [0.1, 0.15) is 0 Å². The number of amides is 1. The predicted octanol–water partition coefficient (Wildman–Crippen LogP) is 5.03. The van der Waals surface area contributed by atoms with Gasteiger partial charge >= 0.3 is 0 Å². The van der Waals surface area contributed by atoms with Gasteiger partial charge in [0.15, 0.2) is 5.78 Å². The number of rotatable bonds is 7. The van der Waals surface area contributed by atoms with Gasteiger partial charge in [-0.15, -0.1) is 0 Å². The van der Waals surface area contributed by atoms with Crippen LogP contribution in [0.1, 0.15) is 23.2 Å². The fraction of sp³-hybridized carbons (Fsp3) is 0.0909. The molecule has 130 valence electrons. The average Bonchev–Trinajstić information content (AvgIpc) is 2.69. The number of carbonyl (C=O) groups is 2. The molecule has 0 radical (unpaired) electrons. The first-order valence-corrected chi connectivity index (χ1v) is 8.51. The van der Waals surface area contributed by atoms with Crippen molar-refractivity contribution in [1.82, 2.24) is 0 Å². The normalized spacial score (nSPS) is 10.2. The lowest BCUT2D eigenvalue weighted by Crippen LogP contribution is -2.14. The molecule has 2 N–H and O–H groups in total. The SMILES string of the molecule is O=C(CCC(=O)c1ccccc1)Nc1ccccc1Nc1ccccc1. The van der Waals surface area contributed by atoms with Crippen LogP contribution in [-0.4, -0.2) is 11.7 Å². The summed E-state index contributed by atoms with van der Waals surface area (Å²) in [6.45, 7) is 0. The van der Waals surface area contributed by atoms with E-state index in [1.165, 1.54) is 0 Å². The van der Waals surface area contributed by atoms with Crippen LogP contribution in [0.4, 0.5) is 17.1 Å². The lowest BCUT2D eigenvalue weighted by atomic mass is 10.1. The van der Waals surface area contributed by atoms with E-state index in [0.717, 1.165) is 11.4 Å². The van der Waals surface area contributed by atoms with Crippen LogP contribution in [0.15, 0.2) is 84.9 Å². The van der Waals surface area contributed by atoms with E-state index in [2.05, 4.69) is 10.6 Å². The number of ketones is 1. The van der Waals surface area contributed by atoms with E-state index in [9.17, 15) is 9.59 Å². The maximum Gasteiger partial charge on any atom is 0.224 e. The van der Waals surface area contributed by atoms with Crippen LogP contribution in [0.5, 0.6) is 0 Å². The molecule has 0 aromatic heterocycles. The van der Waals surface area contributed by atoms with E-state index in [-0.39, 0.29) is 24.5 Å². The summed E-state index contributed by atoms with van der Waals surface area (Å²) in [5.74, 6) is -0.215. The summed E-state index contributed by atoms with van der Waals surface area (Å²) in [6, 6.07) is 26.3. The molecule has 0 saturated heterocycles. The zero-order valence-corrected chi connectivity index (χ0v) is 14.3. The van der Waals surface area contributed by atoms with Crippen molar-refractivity contribution in [2.24, 2.45) is 0 Å². The third-order valence-electron chi connectivity index (χ3n) is 3.93. The standard InChI is InChI=1S/C22H20N2O2/c25-21(17-9-3-1-4-10-17)15-16-22(26)24-20-14-8-7-13-19(20)23-18-11-5-2-6-12-18/h1-14,23H,15-16H2,(H,24,26). The highest BCUT2D eigenvalue weighted by Crippen LogP contribution is 2.25. The Balaban J connectivity index is 1.60. The molecule has 0 saturated carbocycles. The van der Waals surface area contributed by atoms with Gasteiger partial charge in [-0.1, -0.05) is 60.7 Å². The fourth-order valence-corrected chi connectivity index (χ4v) is 2.59. The van der Waals surface area contributed by atoms with Crippen LogP contribution in [0.3, 0.4) is 0 Å². The van der Waals surface area contributed by atoms with Crippen LogP contribution in [0.25, 0.3) is 0 Å². The number of anilines is 3. The highest BCUT2D eigenvalue weighted by atomic mass is 16.2. The molecule has 0 fully saturated rings. The Bertz CT molecular complexity index is 877. The molecule has 4 heteroatoms. The Morgan fingerprint density at radius 3 is 1.92 bits per heavy atom. The first-order valence-electron chi connectivity index (χ1n) is 8.51. The van der Waals surface area contributed by atoms with Gasteiger partial charge in [-0.3, -0.25) is 9.59 Å². The van der Waals surface area contributed by atoms with Crippen molar-refractivity contribution in [1.29, 1.82) is 0 Å². The van der Waals surface area contributed by atoms with Gasteiger partial charge in [-0.2, -0.15) is 0 Å². The summed E-state index contributed by atoms with van der Waals surface area (Å²) < 4.78 is 0. The first-order chi connectivity index (χ1) is 12.7. The summed E-state index contributed by atoms with van der Waals surface area (Å²) in [5, 5.41) is 6.17. The predicted molar refractivity (Wildman–Crippen MR) is 105 cm³/mol. The van der Waals surface area contributed by atoms with Gasteiger partial charge in [-0.25, -0.2) is 0 Å². The summed E-state index contributed by atoms with van der Waals surface area (Å²) in [5.41, 5.74) is 3.06. The largest absolute Gasteiger partial charge is 0.354 e. The molecule has 0 aliphatic heterocycles. The fourth-order valence-electron chi connectivity index (χ4n) is 2.59. The Hall–Kier alpha value is -3.40. The molecule has 0 atom stereocenters. The van der Waals surface area contributed by atoms with Crippen LogP contribution in [0, 0.1) is 0 Å². The number of hydrogen-bond acceptors (Lipinski definition) is 3. The van der Waals surface area contributed by atoms with E-state index in [4.69, 9.17) is 0 Å². The minimum atomic E-state index is -0.184. The van der Waals surface area contributed by atoms with Crippen LogP contribution in [-0.2, 0) is 4.79 Å². The van der Waals surface area contributed by atoms with Crippen molar-refractivity contribution in [2.75, 3.05) is 10.6 Å². The number of carbonyl (C=O) groups excluding carboxylic acids is 2. The lowest BCUT2D eigenvalue weighted by molar-refractivity contribution is -0.116. The second-order valence-corrected chi connectivity index (χ2v) is 5.87. The van der Waals surface area contributed by atoms with Gasteiger partial charge < -0.3 is 10.6 Å². The van der Waals surface area contributed by atoms with E-state index in [1.807, 2.05) is 72.8 Å². The van der Waals surface area contributed by atoms with Crippen molar-refractivity contribution in [2.45, 2.75) is 12.8 Å². The third kappa shape index (κ3) is 4.80. The zero-order chi connectivity index (χ0) is 18.2. The molecule has 3 rings (SSSR count).